The summed E-state index contributed by atoms with van der Waals surface area (Å²) in [5.41, 5.74) is 8.55. The lowest BCUT2D eigenvalue weighted by atomic mass is 9.87. The first-order valence-electron chi connectivity index (χ1n) is 9.10. The van der Waals surface area contributed by atoms with Crippen molar-refractivity contribution >= 4 is 35.8 Å². The third kappa shape index (κ3) is 6.32. The van der Waals surface area contributed by atoms with Crippen LogP contribution < -0.4 is 11.1 Å². The Hall–Kier alpha value is -2.35. The number of benzene rings is 2. The lowest BCUT2D eigenvalue weighted by Crippen LogP contribution is -2.14. The summed E-state index contributed by atoms with van der Waals surface area (Å²) < 4.78 is 0. The van der Waals surface area contributed by atoms with E-state index in [9.17, 15) is 4.79 Å². The molecular weight excluding hydrogens is 406 g/mol. The highest BCUT2D eigenvalue weighted by atomic mass is 35.5. The molecule has 0 fully saturated rings. The number of nitrogens with one attached hydrogen (secondary N) is 2. The number of carbonyl (C=O) groups excluding carboxylic acids is 1. The summed E-state index contributed by atoms with van der Waals surface area (Å²) in [7, 11) is 0. The fraction of sp³-hybridized carbons (Fsp3) is 0.286. The molecule has 29 heavy (non-hydrogen) atoms. The van der Waals surface area contributed by atoms with Crippen molar-refractivity contribution in [3.05, 3.63) is 59.9 Å². The molecule has 0 radical (unpaired) electrons. The van der Waals surface area contributed by atoms with Crippen LogP contribution in [0.3, 0.4) is 0 Å². The second-order valence-electron chi connectivity index (χ2n) is 7.50. The number of hydrogen-bond donors (Lipinski definition) is 3. The topological polar surface area (TPSA) is 96.7 Å². The lowest BCUT2D eigenvalue weighted by molar-refractivity contribution is -0.113. The summed E-state index contributed by atoms with van der Waals surface area (Å²) >= 11 is 1.52. The number of thioether (sulfide) groups is 1. The molecule has 1 amide bonds. The van der Waals surface area contributed by atoms with Gasteiger partial charge in [-0.3, -0.25) is 9.89 Å². The van der Waals surface area contributed by atoms with Crippen LogP contribution >= 0.6 is 24.2 Å². The van der Waals surface area contributed by atoms with Gasteiger partial charge in [-0.25, -0.2) is 4.98 Å². The van der Waals surface area contributed by atoms with Gasteiger partial charge in [0.25, 0.3) is 0 Å². The molecule has 0 spiro atoms. The molecule has 154 valence electrons. The van der Waals surface area contributed by atoms with E-state index in [2.05, 4.69) is 65.5 Å². The van der Waals surface area contributed by atoms with Gasteiger partial charge in [-0.15, -0.1) is 24.2 Å². The number of hydrogen-bond acceptors (Lipinski definition) is 5. The molecule has 0 aliphatic heterocycles. The van der Waals surface area contributed by atoms with Gasteiger partial charge in [0.15, 0.2) is 5.82 Å². The summed E-state index contributed by atoms with van der Waals surface area (Å²) in [6.45, 7) is 6.88. The number of nitrogens with zero attached hydrogens (tertiary/aromatic N) is 2. The van der Waals surface area contributed by atoms with E-state index in [0.29, 0.717) is 23.9 Å². The van der Waals surface area contributed by atoms with Crippen LogP contribution in [0.1, 0.15) is 32.2 Å². The Bertz CT molecular complexity index is 933. The SMILES string of the molecule is CC(C)(C)c1ccc(SCC(=O)Nc2ccc(-c3n[nH]c(CN)n3)cc2)cc1.Cl. The normalized spacial score (nSPS) is 11.0. The van der Waals surface area contributed by atoms with Gasteiger partial charge >= 0.3 is 0 Å². The number of aromatic amines is 1. The monoisotopic (exact) mass is 431 g/mol. The standard InChI is InChI=1S/C21H25N5OS.ClH/c1-21(2,3)15-6-10-17(11-7-15)28-13-19(27)23-16-8-4-14(5-9-16)20-24-18(12-22)25-26-20;/h4-11H,12-13,22H2,1-3H3,(H,23,27)(H,24,25,26);1H. The van der Waals surface area contributed by atoms with E-state index in [4.69, 9.17) is 5.73 Å². The zero-order valence-corrected chi connectivity index (χ0v) is 18.4. The van der Waals surface area contributed by atoms with Crippen LogP contribution in [0.5, 0.6) is 0 Å². The molecule has 2 aromatic carbocycles. The van der Waals surface area contributed by atoms with E-state index < -0.39 is 0 Å². The molecule has 1 aromatic heterocycles. The fourth-order valence-electron chi connectivity index (χ4n) is 2.62. The van der Waals surface area contributed by atoms with Gasteiger partial charge in [-0.05, 0) is 47.4 Å². The fourth-order valence-corrected chi connectivity index (χ4v) is 3.31. The molecule has 3 aromatic rings. The second-order valence-corrected chi connectivity index (χ2v) is 8.55. The highest BCUT2D eigenvalue weighted by Gasteiger charge is 2.13. The van der Waals surface area contributed by atoms with Crippen LogP contribution in [-0.4, -0.2) is 26.8 Å². The number of rotatable bonds is 6. The maximum Gasteiger partial charge on any atom is 0.234 e. The van der Waals surface area contributed by atoms with Gasteiger partial charge in [0, 0.05) is 16.1 Å². The summed E-state index contributed by atoms with van der Waals surface area (Å²) in [4.78, 5) is 17.6. The molecule has 0 saturated heterocycles. The Morgan fingerprint density at radius 2 is 1.76 bits per heavy atom. The minimum atomic E-state index is -0.0408. The van der Waals surface area contributed by atoms with Crippen LogP contribution in [0.15, 0.2) is 53.4 Å². The molecule has 1 heterocycles. The maximum atomic E-state index is 12.2. The van der Waals surface area contributed by atoms with Crippen LogP contribution in [0.4, 0.5) is 5.69 Å². The molecule has 8 heteroatoms. The first-order chi connectivity index (χ1) is 13.3. The van der Waals surface area contributed by atoms with Crippen molar-refractivity contribution in [2.75, 3.05) is 11.1 Å². The molecule has 0 bridgehead atoms. The Labute approximate surface area is 181 Å². The Balaban J connectivity index is 0.00000300. The second kappa shape index (κ2) is 9.91. The number of carbonyl (C=O) groups is 1. The van der Waals surface area contributed by atoms with E-state index in [1.165, 1.54) is 17.3 Å². The van der Waals surface area contributed by atoms with Crippen molar-refractivity contribution in [3.63, 3.8) is 0 Å². The van der Waals surface area contributed by atoms with Crippen molar-refractivity contribution in [1.29, 1.82) is 0 Å². The number of H-pyrrole nitrogens is 1. The van der Waals surface area contributed by atoms with Crippen LogP contribution in [0.25, 0.3) is 11.4 Å². The Morgan fingerprint density at radius 3 is 2.31 bits per heavy atom. The summed E-state index contributed by atoms with van der Waals surface area (Å²) in [5, 5.41) is 9.83. The quantitative estimate of drug-likeness (QED) is 0.503. The predicted molar refractivity (Wildman–Crippen MR) is 121 cm³/mol. The highest BCUT2D eigenvalue weighted by Crippen LogP contribution is 2.26. The van der Waals surface area contributed by atoms with Crippen LogP contribution in [0, 0.1) is 0 Å². The van der Waals surface area contributed by atoms with Gasteiger partial charge in [0.05, 0.1) is 12.3 Å². The third-order valence-electron chi connectivity index (χ3n) is 4.24. The smallest absolute Gasteiger partial charge is 0.234 e. The molecule has 0 unspecified atom stereocenters. The van der Waals surface area contributed by atoms with E-state index in [1.807, 2.05) is 24.3 Å². The molecule has 0 aliphatic rings. The maximum absolute atomic E-state index is 12.2. The molecule has 6 nitrogen and oxygen atoms in total. The number of anilines is 1. The van der Waals surface area contributed by atoms with Gasteiger partial charge in [-0.2, -0.15) is 5.10 Å². The summed E-state index contributed by atoms with van der Waals surface area (Å²) in [6.07, 6.45) is 0. The van der Waals surface area contributed by atoms with E-state index in [-0.39, 0.29) is 23.7 Å². The third-order valence-corrected chi connectivity index (χ3v) is 5.25. The van der Waals surface area contributed by atoms with Crippen LogP contribution in [-0.2, 0) is 16.8 Å². The highest BCUT2D eigenvalue weighted by molar-refractivity contribution is 8.00. The van der Waals surface area contributed by atoms with Crippen molar-refractivity contribution in [1.82, 2.24) is 15.2 Å². The average molecular weight is 432 g/mol. The van der Waals surface area contributed by atoms with Crippen molar-refractivity contribution in [2.24, 2.45) is 5.73 Å². The first-order valence-corrected chi connectivity index (χ1v) is 10.1. The largest absolute Gasteiger partial charge is 0.325 e. The molecular formula is C21H26ClN5OS. The van der Waals surface area contributed by atoms with Gasteiger partial charge < -0.3 is 11.1 Å². The Morgan fingerprint density at radius 1 is 1.10 bits per heavy atom. The van der Waals surface area contributed by atoms with Crippen LogP contribution in [0.2, 0.25) is 0 Å². The molecule has 0 atom stereocenters. The zero-order valence-electron chi connectivity index (χ0n) is 16.7. The minimum absolute atomic E-state index is 0. The number of aromatic nitrogens is 3. The van der Waals surface area contributed by atoms with E-state index in [0.717, 1.165) is 16.1 Å². The minimum Gasteiger partial charge on any atom is -0.325 e. The average Bonchev–Trinajstić information content (AvgIpc) is 3.16. The molecule has 3 rings (SSSR count). The van der Waals surface area contributed by atoms with E-state index in [1.54, 1.807) is 0 Å². The van der Waals surface area contributed by atoms with Gasteiger partial charge in [0.2, 0.25) is 5.91 Å². The summed E-state index contributed by atoms with van der Waals surface area (Å²) in [5.74, 6) is 1.55. The van der Waals surface area contributed by atoms with Gasteiger partial charge in [-0.1, -0.05) is 32.9 Å². The van der Waals surface area contributed by atoms with Crippen molar-refractivity contribution < 1.29 is 4.79 Å². The lowest BCUT2D eigenvalue weighted by Gasteiger charge is -2.19. The number of halogens is 1. The first kappa shape index (κ1) is 22.9. The number of amides is 1. The van der Waals surface area contributed by atoms with Crippen molar-refractivity contribution in [3.8, 4) is 11.4 Å². The van der Waals surface area contributed by atoms with E-state index >= 15 is 0 Å². The molecule has 0 aliphatic carbocycles. The Kier molecular flexibility index (Phi) is 7.84. The number of nitrogens with two attached hydrogens (primary N) is 1. The zero-order chi connectivity index (χ0) is 20.1. The summed E-state index contributed by atoms with van der Waals surface area (Å²) in [6, 6.07) is 15.8. The van der Waals surface area contributed by atoms with Gasteiger partial charge in [0.1, 0.15) is 5.82 Å². The predicted octanol–water partition coefficient (Wildman–Crippen LogP) is 4.38. The van der Waals surface area contributed by atoms with Crippen molar-refractivity contribution in [2.45, 2.75) is 37.6 Å². The molecule has 0 saturated carbocycles. The molecule has 4 N–H and O–H groups in total.